The summed E-state index contributed by atoms with van der Waals surface area (Å²) in [5.74, 6) is 0.0408. The second-order valence-corrected chi connectivity index (χ2v) is 14.1. The predicted octanol–water partition coefficient (Wildman–Crippen LogP) is 10.5. The molecule has 0 saturated heterocycles. The van der Waals surface area contributed by atoms with Gasteiger partial charge in [-0.15, -0.1) is 0 Å². The monoisotopic (exact) mass is 649 g/mol. The van der Waals surface area contributed by atoms with Gasteiger partial charge in [0.05, 0.1) is 17.6 Å². The Morgan fingerprint density at radius 2 is 0.941 bits per heavy atom. The Morgan fingerprint density at radius 3 is 1.59 bits per heavy atom. The maximum absolute atomic E-state index is 14.2. The summed E-state index contributed by atoms with van der Waals surface area (Å²) in [6.07, 6.45) is 0. The minimum atomic E-state index is -0.0343. The molecule has 5 nitrogen and oxygen atoms in total. The van der Waals surface area contributed by atoms with Crippen LogP contribution in [0.25, 0.3) is 103 Å². The highest BCUT2D eigenvalue weighted by atomic mass is 16.2. The van der Waals surface area contributed by atoms with Crippen LogP contribution in [0.15, 0.2) is 132 Å². The Morgan fingerprint density at radius 1 is 0.451 bits per heavy atom. The van der Waals surface area contributed by atoms with Crippen LogP contribution in [0.2, 0.25) is 0 Å². The number of pyridine rings is 1. The van der Waals surface area contributed by atoms with Crippen molar-refractivity contribution in [2.24, 2.45) is 0 Å². The van der Waals surface area contributed by atoms with Crippen molar-refractivity contribution >= 4 is 114 Å². The molecule has 0 aliphatic carbocycles. The van der Waals surface area contributed by atoms with Crippen LogP contribution in [0.5, 0.6) is 0 Å². The van der Waals surface area contributed by atoms with E-state index in [4.69, 9.17) is 4.98 Å². The molecule has 1 aliphatic rings. The van der Waals surface area contributed by atoms with Crippen LogP contribution in [0.1, 0.15) is 15.9 Å². The minimum Gasteiger partial charge on any atom is -0.304 e. The molecular formula is C46H23N3O2. The molecule has 5 heteroatoms. The van der Waals surface area contributed by atoms with Crippen molar-refractivity contribution < 1.29 is 4.79 Å². The SMILES string of the molecule is O=C1c2ccc3c4ccc5c6ccc7c(=O)n8c9ccccc9nc8c8ccc(c9ccc(c%10ccc(c2c3%10)CN1c1ccccc1)c4c59)c6c78. The summed E-state index contributed by atoms with van der Waals surface area (Å²) >= 11 is 0. The fourth-order valence-electron chi connectivity index (χ4n) is 9.76. The van der Waals surface area contributed by atoms with Crippen LogP contribution in [0.4, 0.5) is 5.69 Å². The van der Waals surface area contributed by atoms with Gasteiger partial charge in [-0.1, -0.05) is 84.9 Å². The number of aromatic nitrogens is 2. The Balaban J connectivity index is 1.15. The molecule has 0 spiro atoms. The smallest absolute Gasteiger partial charge is 0.264 e. The molecule has 1 aliphatic heterocycles. The van der Waals surface area contributed by atoms with Crippen molar-refractivity contribution in [3.8, 4) is 0 Å². The molecule has 1 amide bonds. The molecule has 0 fully saturated rings. The Bertz CT molecular complexity index is 3530. The molecule has 0 atom stereocenters. The minimum absolute atomic E-state index is 0.0343. The molecule has 0 saturated carbocycles. The van der Waals surface area contributed by atoms with Crippen molar-refractivity contribution in [1.82, 2.24) is 9.38 Å². The highest BCUT2D eigenvalue weighted by molar-refractivity contribution is 6.44. The lowest BCUT2D eigenvalue weighted by molar-refractivity contribution is 0.0984. The van der Waals surface area contributed by atoms with E-state index < -0.39 is 0 Å². The van der Waals surface area contributed by atoms with Crippen LogP contribution in [-0.2, 0) is 6.54 Å². The summed E-state index contributed by atoms with van der Waals surface area (Å²) in [7, 11) is 0. The summed E-state index contributed by atoms with van der Waals surface area (Å²) in [5.41, 5.74) is 5.16. The number of amides is 1. The topological polar surface area (TPSA) is 54.7 Å². The first-order valence-electron chi connectivity index (χ1n) is 17.3. The lowest BCUT2D eigenvalue weighted by atomic mass is 9.81. The van der Waals surface area contributed by atoms with E-state index >= 15 is 0 Å². The number of carbonyl (C=O) groups excluding carboxylic acids is 1. The normalized spacial score (nSPS) is 13.9. The highest BCUT2D eigenvalue weighted by Gasteiger charge is 2.30. The van der Waals surface area contributed by atoms with Gasteiger partial charge < -0.3 is 4.90 Å². The summed E-state index contributed by atoms with van der Waals surface area (Å²) in [4.78, 5) is 35.0. The first-order chi connectivity index (χ1) is 25.2. The molecule has 3 heterocycles. The van der Waals surface area contributed by atoms with Crippen molar-refractivity contribution in [3.63, 3.8) is 0 Å². The fourth-order valence-corrected chi connectivity index (χ4v) is 9.76. The molecule has 0 N–H and O–H groups in total. The van der Waals surface area contributed by atoms with Crippen LogP contribution >= 0.6 is 0 Å². The van der Waals surface area contributed by atoms with E-state index in [2.05, 4.69) is 60.7 Å². The Hall–Kier alpha value is -6.85. The predicted molar refractivity (Wildman–Crippen MR) is 210 cm³/mol. The van der Waals surface area contributed by atoms with E-state index in [1.54, 1.807) is 4.40 Å². The third-order valence-corrected chi connectivity index (χ3v) is 11.8. The number of benzene rings is 10. The number of hydrogen-bond donors (Lipinski definition) is 0. The standard InChI is InChI=1S/C46H23N3O2/c50-45-34-20-17-26-28-13-15-30-32-18-21-35-43-33(44-47-36-8-4-5-9-37(36)49(44)46(35)51)19-16-31(42(32)43)29-14-12-27(40(28)41(29)30)25-11-10-23(38(34)39(25)26)22-48(45)24-6-2-1-3-7-24/h1-21H,22H2. The number of fused-ring (bicyclic) bond motifs is 8. The third kappa shape index (κ3) is 2.92. The number of rotatable bonds is 1. The van der Waals surface area contributed by atoms with Gasteiger partial charge in [0.1, 0.15) is 5.65 Å². The van der Waals surface area contributed by atoms with Gasteiger partial charge in [-0.2, -0.15) is 0 Å². The third-order valence-electron chi connectivity index (χ3n) is 11.8. The first kappa shape index (κ1) is 26.1. The van der Waals surface area contributed by atoms with E-state index in [0.29, 0.717) is 17.6 Å². The maximum Gasteiger partial charge on any atom is 0.264 e. The number of carbonyl (C=O) groups is 1. The van der Waals surface area contributed by atoms with E-state index in [9.17, 15) is 9.59 Å². The van der Waals surface area contributed by atoms with Gasteiger partial charge in [0, 0.05) is 32.8 Å². The molecule has 0 radical (unpaired) electrons. The van der Waals surface area contributed by atoms with E-state index in [-0.39, 0.29) is 11.5 Å². The maximum atomic E-state index is 14.2. The largest absolute Gasteiger partial charge is 0.304 e. The van der Waals surface area contributed by atoms with Crippen molar-refractivity contribution in [3.05, 3.63) is 149 Å². The zero-order valence-electron chi connectivity index (χ0n) is 27.0. The highest BCUT2D eigenvalue weighted by Crippen LogP contribution is 2.50. The molecule has 12 aromatic rings. The molecule has 2 aromatic heterocycles. The second kappa shape index (κ2) is 8.65. The lowest BCUT2D eigenvalue weighted by Crippen LogP contribution is -2.33. The van der Waals surface area contributed by atoms with Gasteiger partial charge in [-0.05, 0) is 113 Å². The molecule has 51 heavy (non-hydrogen) atoms. The average Bonchev–Trinajstić information content (AvgIpc) is 3.58. The summed E-state index contributed by atoms with van der Waals surface area (Å²) in [5, 5.41) is 17.9. The quantitative estimate of drug-likeness (QED) is 0.131. The van der Waals surface area contributed by atoms with Crippen molar-refractivity contribution in [2.45, 2.75) is 6.54 Å². The van der Waals surface area contributed by atoms with Crippen LogP contribution in [0, 0.1) is 0 Å². The Labute approximate surface area is 288 Å². The van der Waals surface area contributed by atoms with E-state index in [1.807, 2.05) is 71.6 Å². The van der Waals surface area contributed by atoms with Gasteiger partial charge >= 0.3 is 0 Å². The average molecular weight is 650 g/mol. The molecule has 234 valence electrons. The van der Waals surface area contributed by atoms with Gasteiger partial charge in [-0.3, -0.25) is 14.0 Å². The second-order valence-electron chi connectivity index (χ2n) is 14.1. The van der Waals surface area contributed by atoms with Gasteiger partial charge in [-0.25, -0.2) is 4.98 Å². The van der Waals surface area contributed by atoms with Crippen LogP contribution < -0.4 is 10.5 Å². The van der Waals surface area contributed by atoms with E-state index in [1.165, 1.54) is 48.7 Å². The van der Waals surface area contributed by atoms with Gasteiger partial charge in [0.15, 0.2) is 0 Å². The Kier molecular flexibility index (Phi) is 4.42. The van der Waals surface area contributed by atoms with Crippen LogP contribution in [-0.4, -0.2) is 15.3 Å². The van der Waals surface area contributed by atoms with Crippen molar-refractivity contribution in [2.75, 3.05) is 4.90 Å². The zero-order chi connectivity index (χ0) is 33.3. The zero-order valence-corrected chi connectivity index (χ0v) is 27.0. The van der Waals surface area contributed by atoms with Gasteiger partial charge in [0.25, 0.3) is 11.5 Å². The number of hydrogen-bond acceptors (Lipinski definition) is 3. The van der Waals surface area contributed by atoms with Crippen molar-refractivity contribution in [1.29, 1.82) is 0 Å². The number of para-hydroxylation sites is 3. The summed E-state index contributed by atoms with van der Waals surface area (Å²) in [6.45, 7) is 0.541. The summed E-state index contributed by atoms with van der Waals surface area (Å²) < 4.78 is 1.78. The molecule has 0 bridgehead atoms. The summed E-state index contributed by atoms with van der Waals surface area (Å²) in [6, 6.07) is 44.1. The first-order valence-corrected chi connectivity index (χ1v) is 17.3. The van der Waals surface area contributed by atoms with E-state index in [0.717, 1.165) is 60.0 Å². The van der Waals surface area contributed by atoms with Crippen LogP contribution in [0.3, 0.4) is 0 Å². The molecular weight excluding hydrogens is 627 g/mol. The molecule has 10 aromatic carbocycles. The molecule has 0 unspecified atom stereocenters. The van der Waals surface area contributed by atoms with Gasteiger partial charge in [0.2, 0.25) is 0 Å². The number of nitrogens with zero attached hydrogens (tertiary/aromatic N) is 3. The number of imidazole rings is 1. The molecule has 13 rings (SSSR count). The fraction of sp³-hybridized carbons (Fsp3) is 0.0217. The lowest BCUT2D eigenvalue weighted by Gasteiger charge is -2.30. The number of anilines is 1.